The Hall–Kier alpha value is -2.01. The normalized spacial score (nSPS) is 10.6. The van der Waals surface area contributed by atoms with Crippen LogP contribution < -0.4 is 4.74 Å². The molecule has 2 aromatic rings. The van der Waals surface area contributed by atoms with Gasteiger partial charge in [0.2, 0.25) is 0 Å². The SMILES string of the molecule is Cc1cc(OCC(=O)N(C)Cc2nccn2C)cc(C)c1Cl. The van der Waals surface area contributed by atoms with Gasteiger partial charge in [-0.1, -0.05) is 11.6 Å². The van der Waals surface area contributed by atoms with E-state index in [4.69, 9.17) is 16.3 Å². The number of hydrogen-bond donors (Lipinski definition) is 0. The minimum Gasteiger partial charge on any atom is -0.484 e. The number of carbonyl (C=O) groups excluding carboxylic acids is 1. The summed E-state index contributed by atoms with van der Waals surface area (Å²) in [6.45, 7) is 4.26. The quantitative estimate of drug-likeness (QED) is 0.850. The Kier molecular flexibility index (Phi) is 5.08. The van der Waals surface area contributed by atoms with Crippen molar-refractivity contribution in [3.63, 3.8) is 0 Å². The number of imidazole rings is 1. The maximum atomic E-state index is 12.1. The van der Waals surface area contributed by atoms with Crippen LogP contribution in [0.1, 0.15) is 17.0 Å². The number of ether oxygens (including phenoxy) is 1. The minimum absolute atomic E-state index is 0.0125. The molecule has 0 unspecified atom stereocenters. The van der Waals surface area contributed by atoms with Crippen LogP contribution in [0, 0.1) is 13.8 Å². The Bertz CT molecular complexity index is 659. The maximum Gasteiger partial charge on any atom is 0.260 e. The van der Waals surface area contributed by atoms with E-state index in [1.54, 1.807) is 18.1 Å². The summed E-state index contributed by atoms with van der Waals surface area (Å²) in [5.41, 5.74) is 1.87. The summed E-state index contributed by atoms with van der Waals surface area (Å²) in [5, 5.41) is 0.727. The van der Waals surface area contributed by atoms with Crippen LogP contribution in [0.2, 0.25) is 5.02 Å². The lowest BCUT2D eigenvalue weighted by atomic mass is 10.1. The molecular formula is C16H20ClN3O2. The topological polar surface area (TPSA) is 47.4 Å². The summed E-state index contributed by atoms with van der Waals surface area (Å²) < 4.78 is 7.46. The van der Waals surface area contributed by atoms with Gasteiger partial charge in [0.15, 0.2) is 6.61 Å². The number of amides is 1. The lowest BCUT2D eigenvalue weighted by Crippen LogP contribution is -2.31. The van der Waals surface area contributed by atoms with Crippen LogP contribution in [-0.2, 0) is 18.4 Å². The first-order valence-corrected chi connectivity index (χ1v) is 7.36. The third kappa shape index (κ3) is 3.80. The third-order valence-electron chi connectivity index (χ3n) is 3.50. The van der Waals surface area contributed by atoms with E-state index in [-0.39, 0.29) is 12.5 Å². The molecule has 5 nitrogen and oxygen atoms in total. The molecule has 22 heavy (non-hydrogen) atoms. The molecule has 0 spiro atoms. The fourth-order valence-electron chi connectivity index (χ4n) is 2.09. The van der Waals surface area contributed by atoms with Crippen molar-refractivity contribution >= 4 is 17.5 Å². The van der Waals surface area contributed by atoms with Gasteiger partial charge in [-0.2, -0.15) is 0 Å². The summed E-state index contributed by atoms with van der Waals surface area (Å²) in [5.74, 6) is 1.38. The summed E-state index contributed by atoms with van der Waals surface area (Å²) in [6.07, 6.45) is 3.56. The number of aryl methyl sites for hydroxylation is 3. The van der Waals surface area contributed by atoms with Gasteiger partial charge in [0.25, 0.3) is 5.91 Å². The van der Waals surface area contributed by atoms with Gasteiger partial charge in [0.1, 0.15) is 11.6 Å². The van der Waals surface area contributed by atoms with E-state index >= 15 is 0 Å². The Balaban J connectivity index is 1.93. The van der Waals surface area contributed by atoms with Crippen molar-refractivity contribution in [2.45, 2.75) is 20.4 Å². The van der Waals surface area contributed by atoms with Gasteiger partial charge in [-0.15, -0.1) is 0 Å². The van der Waals surface area contributed by atoms with Crippen LogP contribution in [0.15, 0.2) is 24.5 Å². The number of rotatable bonds is 5. The molecule has 1 aromatic heterocycles. The maximum absolute atomic E-state index is 12.1. The molecule has 1 heterocycles. The molecular weight excluding hydrogens is 302 g/mol. The zero-order chi connectivity index (χ0) is 16.3. The standard InChI is InChI=1S/C16H20ClN3O2/c1-11-7-13(8-12(2)16(11)17)22-10-15(21)20(4)9-14-18-5-6-19(14)3/h5-8H,9-10H2,1-4H3. The second-order valence-corrected chi connectivity index (χ2v) is 5.74. The van der Waals surface area contributed by atoms with Crippen LogP contribution in [0.3, 0.4) is 0 Å². The van der Waals surface area contributed by atoms with Crippen LogP contribution in [0.4, 0.5) is 0 Å². The minimum atomic E-state index is -0.103. The van der Waals surface area contributed by atoms with E-state index in [1.165, 1.54) is 0 Å². The highest BCUT2D eigenvalue weighted by Gasteiger charge is 2.13. The number of likely N-dealkylation sites (N-methyl/N-ethyl adjacent to an activating group) is 1. The second kappa shape index (κ2) is 6.83. The number of hydrogen-bond acceptors (Lipinski definition) is 3. The van der Waals surface area contributed by atoms with Crippen molar-refractivity contribution in [1.29, 1.82) is 0 Å². The summed E-state index contributed by atoms with van der Waals surface area (Å²) in [7, 11) is 3.63. The van der Waals surface area contributed by atoms with Gasteiger partial charge in [0.05, 0.1) is 6.54 Å². The fraction of sp³-hybridized carbons (Fsp3) is 0.375. The van der Waals surface area contributed by atoms with E-state index in [2.05, 4.69) is 4.98 Å². The van der Waals surface area contributed by atoms with Crippen molar-refractivity contribution in [3.05, 3.63) is 46.5 Å². The number of carbonyl (C=O) groups is 1. The summed E-state index contributed by atoms with van der Waals surface area (Å²) in [4.78, 5) is 17.9. The van der Waals surface area contributed by atoms with E-state index in [0.717, 1.165) is 22.0 Å². The van der Waals surface area contributed by atoms with Gasteiger partial charge in [-0.05, 0) is 37.1 Å². The van der Waals surface area contributed by atoms with Gasteiger partial charge in [-0.25, -0.2) is 4.98 Å². The largest absolute Gasteiger partial charge is 0.484 e. The number of halogens is 1. The first-order chi connectivity index (χ1) is 10.4. The fourth-order valence-corrected chi connectivity index (χ4v) is 2.20. The number of aromatic nitrogens is 2. The molecule has 0 saturated carbocycles. The van der Waals surface area contributed by atoms with Gasteiger partial charge >= 0.3 is 0 Å². The second-order valence-electron chi connectivity index (χ2n) is 5.36. The molecule has 0 atom stereocenters. The van der Waals surface area contributed by atoms with E-state index in [1.807, 2.05) is 43.8 Å². The molecule has 0 N–H and O–H groups in total. The molecule has 2 rings (SSSR count). The van der Waals surface area contributed by atoms with Crippen LogP contribution >= 0.6 is 11.6 Å². The molecule has 0 aliphatic carbocycles. The first-order valence-electron chi connectivity index (χ1n) is 6.98. The van der Waals surface area contributed by atoms with Crippen molar-refractivity contribution in [2.24, 2.45) is 7.05 Å². The Labute approximate surface area is 135 Å². The highest BCUT2D eigenvalue weighted by molar-refractivity contribution is 6.32. The average molecular weight is 322 g/mol. The van der Waals surface area contributed by atoms with E-state index in [0.29, 0.717) is 12.3 Å². The summed E-state index contributed by atoms with van der Waals surface area (Å²) in [6, 6.07) is 3.67. The van der Waals surface area contributed by atoms with Gasteiger partial charge in [0, 0.05) is 31.5 Å². The molecule has 0 aliphatic rings. The first kappa shape index (κ1) is 16.4. The number of nitrogens with zero attached hydrogens (tertiary/aromatic N) is 3. The molecule has 1 aromatic carbocycles. The van der Waals surface area contributed by atoms with Gasteiger partial charge < -0.3 is 14.2 Å². The van der Waals surface area contributed by atoms with E-state index in [9.17, 15) is 4.79 Å². The van der Waals surface area contributed by atoms with Crippen LogP contribution in [0.5, 0.6) is 5.75 Å². The monoisotopic (exact) mass is 321 g/mol. The smallest absolute Gasteiger partial charge is 0.260 e. The lowest BCUT2D eigenvalue weighted by Gasteiger charge is -2.17. The molecule has 1 amide bonds. The summed E-state index contributed by atoms with van der Waals surface area (Å²) >= 11 is 6.12. The zero-order valence-corrected chi connectivity index (χ0v) is 14.0. The molecule has 0 bridgehead atoms. The molecule has 0 saturated heterocycles. The highest BCUT2D eigenvalue weighted by Crippen LogP contribution is 2.25. The zero-order valence-electron chi connectivity index (χ0n) is 13.3. The molecule has 6 heteroatoms. The predicted octanol–water partition coefficient (Wildman–Crippen LogP) is 2.73. The predicted molar refractivity (Wildman–Crippen MR) is 86.1 cm³/mol. The van der Waals surface area contributed by atoms with Crippen molar-refractivity contribution in [2.75, 3.05) is 13.7 Å². The molecule has 0 fully saturated rings. The Morgan fingerprint density at radius 1 is 1.36 bits per heavy atom. The third-order valence-corrected chi connectivity index (χ3v) is 4.09. The van der Waals surface area contributed by atoms with E-state index < -0.39 is 0 Å². The Morgan fingerprint density at radius 3 is 2.55 bits per heavy atom. The Morgan fingerprint density at radius 2 is 2.00 bits per heavy atom. The van der Waals surface area contributed by atoms with Gasteiger partial charge in [-0.3, -0.25) is 4.79 Å². The average Bonchev–Trinajstić information content (AvgIpc) is 2.87. The highest BCUT2D eigenvalue weighted by atomic mass is 35.5. The lowest BCUT2D eigenvalue weighted by molar-refractivity contribution is -0.132. The molecule has 0 radical (unpaired) electrons. The molecule has 118 valence electrons. The van der Waals surface area contributed by atoms with Crippen molar-refractivity contribution in [3.8, 4) is 5.75 Å². The molecule has 0 aliphatic heterocycles. The van der Waals surface area contributed by atoms with Crippen LogP contribution in [-0.4, -0.2) is 34.0 Å². The number of benzene rings is 1. The van der Waals surface area contributed by atoms with Crippen LogP contribution in [0.25, 0.3) is 0 Å². The van der Waals surface area contributed by atoms with Crippen molar-refractivity contribution in [1.82, 2.24) is 14.5 Å². The van der Waals surface area contributed by atoms with Crippen molar-refractivity contribution < 1.29 is 9.53 Å².